The van der Waals surface area contributed by atoms with Crippen molar-refractivity contribution in [2.45, 2.75) is 47.2 Å². The maximum Gasteiger partial charge on any atom is 0.191 e. The zero-order valence-electron chi connectivity index (χ0n) is 16.7. The van der Waals surface area contributed by atoms with Gasteiger partial charge in [-0.25, -0.2) is 15.0 Å². The number of aromatic nitrogens is 2. The maximum absolute atomic E-state index is 4.66. The Morgan fingerprint density at radius 3 is 2.41 bits per heavy atom. The second-order valence-corrected chi connectivity index (χ2v) is 7.02. The molecule has 0 atom stereocenters. The van der Waals surface area contributed by atoms with Crippen molar-refractivity contribution in [1.29, 1.82) is 0 Å². The molecule has 150 valence electrons. The van der Waals surface area contributed by atoms with Gasteiger partial charge in [-0.05, 0) is 38.8 Å². The van der Waals surface area contributed by atoms with E-state index in [1.807, 2.05) is 12.4 Å². The zero-order chi connectivity index (χ0) is 18.8. The molecule has 0 radical (unpaired) electrons. The fourth-order valence-electron chi connectivity index (χ4n) is 2.51. The van der Waals surface area contributed by atoms with E-state index in [2.05, 4.69) is 70.3 Å². The van der Waals surface area contributed by atoms with Crippen molar-refractivity contribution in [3.8, 4) is 0 Å². The Balaban J connectivity index is 0.00000364. The van der Waals surface area contributed by atoms with E-state index >= 15 is 0 Å². The van der Waals surface area contributed by atoms with Gasteiger partial charge in [0.05, 0.1) is 13.1 Å². The molecule has 2 N–H and O–H groups in total. The molecule has 27 heavy (non-hydrogen) atoms. The predicted molar refractivity (Wildman–Crippen MR) is 126 cm³/mol. The van der Waals surface area contributed by atoms with Gasteiger partial charge in [0, 0.05) is 36.9 Å². The number of thiazole rings is 1. The summed E-state index contributed by atoms with van der Waals surface area (Å²) in [5.41, 5.74) is 1.10. The number of nitrogens with one attached hydrogen (secondary N) is 2. The summed E-state index contributed by atoms with van der Waals surface area (Å²) in [6, 6.07) is 4.17. The van der Waals surface area contributed by atoms with E-state index in [1.54, 1.807) is 11.3 Å². The number of aryl methyl sites for hydroxylation is 1. The topological polar surface area (TPSA) is 65.4 Å². The van der Waals surface area contributed by atoms with E-state index in [9.17, 15) is 0 Å². The Bertz CT molecular complexity index is 682. The van der Waals surface area contributed by atoms with Crippen molar-refractivity contribution in [2.24, 2.45) is 4.99 Å². The molecule has 2 rings (SSSR count). The average Bonchev–Trinajstić information content (AvgIpc) is 3.14. The first-order valence-electron chi connectivity index (χ1n) is 9.35. The lowest BCUT2D eigenvalue weighted by Crippen LogP contribution is -2.36. The van der Waals surface area contributed by atoms with Crippen molar-refractivity contribution in [2.75, 3.05) is 24.5 Å². The van der Waals surface area contributed by atoms with E-state index in [1.165, 1.54) is 4.88 Å². The summed E-state index contributed by atoms with van der Waals surface area (Å²) in [6.07, 6.45) is 4.90. The normalized spacial score (nSPS) is 11.0. The summed E-state index contributed by atoms with van der Waals surface area (Å²) in [5, 5.41) is 7.71. The molecule has 0 saturated heterocycles. The highest BCUT2D eigenvalue weighted by Crippen LogP contribution is 2.13. The first-order valence-corrected chi connectivity index (χ1v) is 10.2. The highest BCUT2D eigenvalue weighted by Gasteiger charge is 2.05. The lowest BCUT2D eigenvalue weighted by Gasteiger charge is -2.19. The predicted octanol–water partition coefficient (Wildman–Crippen LogP) is 3.82. The molecule has 0 spiro atoms. The molecule has 0 amide bonds. The van der Waals surface area contributed by atoms with Gasteiger partial charge in [-0.3, -0.25) is 0 Å². The number of guanidine groups is 1. The highest BCUT2D eigenvalue weighted by molar-refractivity contribution is 14.0. The molecule has 0 bridgehead atoms. The number of anilines is 1. The lowest BCUT2D eigenvalue weighted by atomic mass is 10.3. The van der Waals surface area contributed by atoms with Gasteiger partial charge in [0.15, 0.2) is 5.96 Å². The number of nitrogens with zero attached hydrogens (tertiary/aromatic N) is 4. The second kappa shape index (κ2) is 12.9. The lowest BCUT2D eigenvalue weighted by molar-refractivity contribution is 0.810. The first-order chi connectivity index (χ1) is 12.7. The van der Waals surface area contributed by atoms with E-state index in [4.69, 9.17) is 0 Å². The zero-order valence-corrected chi connectivity index (χ0v) is 19.8. The quantitative estimate of drug-likeness (QED) is 0.310. The Morgan fingerprint density at radius 2 is 1.85 bits per heavy atom. The van der Waals surface area contributed by atoms with Crippen LogP contribution >= 0.6 is 35.3 Å². The van der Waals surface area contributed by atoms with E-state index in [0.717, 1.165) is 48.4 Å². The smallest absolute Gasteiger partial charge is 0.191 e. The van der Waals surface area contributed by atoms with Gasteiger partial charge in [-0.2, -0.15) is 0 Å². The van der Waals surface area contributed by atoms with Gasteiger partial charge in [0.25, 0.3) is 0 Å². The van der Waals surface area contributed by atoms with Crippen LogP contribution in [0.4, 0.5) is 5.82 Å². The minimum atomic E-state index is 0. The number of hydrogen-bond acceptors (Lipinski definition) is 5. The van der Waals surface area contributed by atoms with Crippen LogP contribution < -0.4 is 15.5 Å². The third kappa shape index (κ3) is 7.61. The Hall–Kier alpha value is -1.42. The molecule has 0 aliphatic carbocycles. The standard InChI is InChI=1S/C19H30N6S.HI/c1-5-16-13-22-18(26-16)14-24-19(20-6-2)23-12-15-9-10-17(21-11-15)25(7-3)8-4;/h9-11,13H,5-8,12,14H2,1-4H3,(H2,20,23,24);1H. The monoisotopic (exact) mass is 502 g/mol. The molecule has 2 aromatic heterocycles. The van der Waals surface area contributed by atoms with Crippen LogP contribution in [-0.2, 0) is 19.5 Å². The Labute approximate surface area is 183 Å². The SMILES string of the molecule is CCNC(=NCc1ccc(N(CC)CC)nc1)NCc1ncc(CC)s1.I. The molecular formula is C19H31IN6S. The molecule has 0 aliphatic rings. The Morgan fingerprint density at radius 1 is 1.07 bits per heavy atom. The molecule has 0 aromatic carbocycles. The number of aliphatic imine (C=N–C) groups is 1. The number of hydrogen-bond donors (Lipinski definition) is 2. The molecule has 8 heteroatoms. The van der Waals surface area contributed by atoms with Crippen molar-refractivity contribution in [3.63, 3.8) is 0 Å². The third-order valence-corrected chi connectivity index (χ3v) is 5.16. The largest absolute Gasteiger partial charge is 0.357 e. The summed E-state index contributed by atoms with van der Waals surface area (Å²) in [5.74, 6) is 1.82. The molecule has 0 unspecified atom stereocenters. The summed E-state index contributed by atoms with van der Waals surface area (Å²) in [7, 11) is 0. The summed E-state index contributed by atoms with van der Waals surface area (Å²) < 4.78 is 0. The Kier molecular flexibility index (Phi) is 11.3. The van der Waals surface area contributed by atoms with Crippen LogP contribution in [0.15, 0.2) is 29.5 Å². The minimum Gasteiger partial charge on any atom is -0.357 e. The number of pyridine rings is 1. The summed E-state index contributed by atoms with van der Waals surface area (Å²) >= 11 is 1.74. The molecule has 0 fully saturated rings. The van der Waals surface area contributed by atoms with Crippen molar-refractivity contribution in [1.82, 2.24) is 20.6 Å². The van der Waals surface area contributed by atoms with Crippen LogP contribution in [0.2, 0.25) is 0 Å². The number of halogens is 1. The molecule has 0 aliphatic heterocycles. The van der Waals surface area contributed by atoms with Gasteiger partial charge >= 0.3 is 0 Å². The van der Waals surface area contributed by atoms with Crippen LogP contribution in [-0.4, -0.2) is 35.6 Å². The average molecular weight is 502 g/mol. The van der Waals surface area contributed by atoms with Gasteiger partial charge < -0.3 is 15.5 Å². The van der Waals surface area contributed by atoms with Crippen LogP contribution in [0, 0.1) is 0 Å². The first kappa shape index (κ1) is 23.6. The van der Waals surface area contributed by atoms with Gasteiger partial charge in [-0.1, -0.05) is 13.0 Å². The maximum atomic E-state index is 4.66. The molecule has 2 heterocycles. The highest BCUT2D eigenvalue weighted by atomic mass is 127. The fourth-order valence-corrected chi connectivity index (χ4v) is 3.31. The van der Waals surface area contributed by atoms with Crippen LogP contribution in [0.1, 0.15) is 43.1 Å². The van der Waals surface area contributed by atoms with Crippen molar-refractivity contribution >= 4 is 47.1 Å². The van der Waals surface area contributed by atoms with Crippen LogP contribution in [0.5, 0.6) is 0 Å². The van der Waals surface area contributed by atoms with Crippen LogP contribution in [0.25, 0.3) is 0 Å². The van der Waals surface area contributed by atoms with Crippen molar-refractivity contribution in [3.05, 3.63) is 40.0 Å². The van der Waals surface area contributed by atoms with Gasteiger partial charge in [0.1, 0.15) is 10.8 Å². The fraction of sp³-hybridized carbons (Fsp3) is 0.526. The molecular weight excluding hydrogens is 471 g/mol. The third-order valence-electron chi connectivity index (χ3n) is 4.02. The molecule has 6 nitrogen and oxygen atoms in total. The van der Waals surface area contributed by atoms with E-state index in [-0.39, 0.29) is 24.0 Å². The van der Waals surface area contributed by atoms with Gasteiger partial charge in [0.2, 0.25) is 0 Å². The molecule has 0 saturated carbocycles. The summed E-state index contributed by atoms with van der Waals surface area (Å²) in [6.45, 7) is 12.5. The van der Waals surface area contributed by atoms with E-state index < -0.39 is 0 Å². The molecule has 2 aromatic rings. The second-order valence-electron chi connectivity index (χ2n) is 5.82. The van der Waals surface area contributed by atoms with Gasteiger partial charge in [-0.15, -0.1) is 35.3 Å². The van der Waals surface area contributed by atoms with E-state index in [0.29, 0.717) is 13.1 Å². The van der Waals surface area contributed by atoms with Crippen molar-refractivity contribution < 1.29 is 0 Å². The number of rotatable bonds is 9. The van der Waals surface area contributed by atoms with Crippen LogP contribution in [0.3, 0.4) is 0 Å². The minimum absolute atomic E-state index is 0. The summed E-state index contributed by atoms with van der Waals surface area (Å²) in [4.78, 5) is 17.2.